The van der Waals surface area contributed by atoms with E-state index in [4.69, 9.17) is 0 Å². The molecule has 1 saturated carbocycles. The van der Waals surface area contributed by atoms with E-state index >= 15 is 0 Å². The molecule has 1 aliphatic rings. The molecule has 4 rings (SSSR count). The molecule has 30 heavy (non-hydrogen) atoms. The Balaban J connectivity index is 1.34. The first-order valence-electron chi connectivity index (χ1n) is 10.5. The topological polar surface area (TPSA) is 86.7 Å². The van der Waals surface area contributed by atoms with Gasteiger partial charge in [-0.1, -0.05) is 36.7 Å². The van der Waals surface area contributed by atoms with Gasteiger partial charge in [0.2, 0.25) is 5.91 Å². The van der Waals surface area contributed by atoms with Gasteiger partial charge in [0.25, 0.3) is 0 Å². The maximum atomic E-state index is 12.5. The van der Waals surface area contributed by atoms with E-state index in [-0.39, 0.29) is 18.1 Å². The fourth-order valence-corrected chi connectivity index (χ4v) is 4.91. The molecule has 2 aromatic heterocycles. The monoisotopic (exact) mass is 428 g/mol. The summed E-state index contributed by atoms with van der Waals surface area (Å²) in [5, 5.41) is 12.7. The average molecular weight is 429 g/mol. The first-order valence-corrected chi connectivity index (χ1v) is 11.7. The Morgan fingerprint density at radius 2 is 1.93 bits per heavy atom. The van der Waals surface area contributed by atoms with Crippen LogP contribution in [0, 0.1) is 0 Å². The van der Waals surface area contributed by atoms with Crippen molar-refractivity contribution in [3.63, 3.8) is 0 Å². The summed E-state index contributed by atoms with van der Waals surface area (Å²) in [5.41, 5.74) is 1.42. The van der Waals surface area contributed by atoms with Gasteiger partial charge in [-0.25, -0.2) is 4.79 Å². The average Bonchev–Trinajstić information content (AvgIpc) is 3.47. The van der Waals surface area contributed by atoms with Gasteiger partial charge >= 0.3 is 5.69 Å². The fourth-order valence-electron chi connectivity index (χ4n) is 4.34. The summed E-state index contributed by atoms with van der Waals surface area (Å²) >= 11 is 1.64. The number of amides is 1. The number of hydrogen-bond donors (Lipinski definition) is 1. The number of aryl methyl sites for hydroxylation is 2. The number of carbonyl (C=O) groups is 1. The zero-order valence-electron chi connectivity index (χ0n) is 17.5. The highest BCUT2D eigenvalue weighted by Crippen LogP contribution is 2.33. The predicted octanol–water partition coefficient (Wildman–Crippen LogP) is 2.52. The summed E-state index contributed by atoms with van der Waals surface area (Å²) in [6.45, 7) is 0.569. The molecule has 1 amide bonds. The van der Waals surface area contributed by atoms with Crippen LogP contribution in [0.15, 0.2) is 34.2 Å². The van der Waals surface area contributed by atoms with Crippen molar-refractivity contribution in [1.82, 2.24) is 29.2 Å². The Morgan fingerprint density at radius 3 is 2.67 bits per heavy atom. The first-order chi connectivity index (χ1) is 14.6. The summed E-state index contributed by atoms with van der Waals surface area (Å²) in [5.74, 6) is 0.848. The van der Waals surface area contributed by atoms with Gasteiger partial charge in [-0.05, 0) is 37.7 Å². The summed E-state index contributed by atoms with van der Waals surface area (Å²) in [6.07, 6.45) is 8.51. The largest absolute Gasteiger partial charge is 0.355 e. The van der Waals surface area contributed by atoms with Crippen molar-refractivity contribution in [3.8, 4) is 0 Å². The van der Waals surface area contributed by atoms with Gasteiger partial charge in [0, 0.05) is 26.1 Å². The molecule has 3 aromatic rings. The predicted molar refractivity (Wildman–Crippen MR) is 118 cm³/mol. The summed E-state index contributed by atoms with van der Waals surface area (Å²) in [4.78, 5) is 24.9. The maximum Gasteiger partial charge on any atom is 0.329 e. The van der Waals surface area contributed by atoms with Crippen LogP contribution in [-0.4, -0.2) is 42.6 Å². The number of nitrogens with zero attached hydrogens (tertiary/aromatic N) is 5. The highest BCUT2D eigenvalue weighted by molar-refractivity contribution is 7.98. The number of hydrogen-bond acceptors (Lipinski definition) is 5. The number of carbonyl (C=O) groups excluding carboxylic acids is 1. The molecule has 0 bridgehead atoms. The van der Waals surface area contributed by atoms with Crippen LogP contribution in [0.25, 0.3) is 11.0 Å². The Labute approximate surface area is 179 Å². The highest BCUT2D eigenvalue weighted by Gasteiger charge is 2.23. The molecule has 160 valence electrons. The Kier molecular flexibility index (Phi) is 6.26. The Bertz CT molecular complexity index is 1090. The van der Waals surface area contributed by atoms with Crippen LogP contribution in [0.5, 0.6) is 0 Å². The lowest BCUT2D eigenvalue weighted by atomic mass is 10.2. The number of aromatic nitrogens is 5. The second kappa shape index (κ2) is 9.07. The van der Waals surface area contributed by atoms with Crippen LogP contribution in [0.1, 0.15) is 44.0 Å². The number of para-hydroxylation sites is 2. The number of thioether (sulfide) groups is 1. The standard InChI is InChI=1S/C21H28N6O2S/c1-25-16-10-5-6-11-17(16)26(21(25)29)14-19(28)22-13-7-12-18-23-24-20(30-2)27(18)15-8-3-4-9-15/h5-6,10-11,15H,3-4,7-9,12-14H2,1-2H3,(H,22,28). The molecule has 0 spiro atoms. The summed E-state index contributed by atoms with van der Waals surface area (Å²) in [7, 11) is 1.72. The van der Waals surface area contributed by atoms with Crippen LogP contribution in [-0.2, 0) is 24.8 Å². The van der Waals surface area contributed by atoms with Crippen LogP contribution in [0.2, 0.25) is 0 Å². The lowest BCUT2D eigenvalue weighted by molar-refractivity contribution is -0.121. The number of benzene rings is 1. The van der Waals surface area contributed by atoms with Gasteiger partial charge < -0.3 is 9.88 Å². The second-order valence-corrected chi connectivity index (χ2v) is 8.55. The molecule has 1 fully saturated rings. The van der Waals surface area contributed by atoms with Crippen LogP contribution >= 0.6 is 11.8 Å². The molecule has 0 unspecified atom stereocenters. The van der Waals surface area contributed by atoms with Gasteiger partial charge in [0.15, 0.2) is 5.16 Å². The lowest BCUT2D eigenvalue weighted by Gasteiger charge is -2.16. The smallest absolute Gasteiger partial charge is 0.329 e. The molecular weight excluding hydrogens is 400 g/mol. The highest BCUT2D eigenvalue weighted by atomic mass is 32.2. The van der Waals surface area contributed by atoms with E-state index in [9.17, 15) is 9.59 Å². The molecule has 9 heteroatoms. The Morgan fingerprint density at radius 1 is 1.20 bits per heavy atom. The molecule has 1 aliphatic carbocycles. The third kappa shape index (κ3) is 4.03. The number of imidazole rings is 1. The zero-order valence-corrected chi connectivity index (χ0v) is 18.3. The molecule has 0 aliphatic heterocycles. The normalized spacial score (nSPS) is 14.6. The van der Waals surface area contributed by atoms with Crippen molar-refractivity contribution in [2.45, 2.75) is 56.3 Å². The van der Waals surface area contributed by atoms with Crippen LogP contribution in [0.4, 0.5) is 0 Å². The van der Waals surface area contributed by atoms with Crippen molar-refractivity contribution < 1.29 is 4.79 Å². The molecular formula is C21H28N6O2S. The van der Waals surface area contributed by atoms with Crippen molar-refractivity contribution in [3.05, 3.63) is 40.6 Å². The minimum absolute atomic E-state index is 0.0229. The van der Waals surface area contributed by atoms with Gasteiger partial charge in [0.1, 0.15) is 12.4 Å². The quantitative estimate of drug-likeness (QED) is 0.440. The van der Waals surface area contributed by atoms with E-state index in [0.717, 1.165) is 34.9 Å². The van der Waals surface area contributed by atoms with E-state index < -0.39 is 0 Å². The number of fused-ring (bicyclic) bond motifs is 1. The minimum atomic E-state index is -0.180. The minimum Gasteiger partial charge on any atom is -0.355 e. The van der Waals surface area contributed by atoms with Gasteiger partial charge in [-0.3, -0.25) is 13.9 Å². The van der Waals surface area contributed by atoms with E-state index in [2.05, 4.69) is 20.1 Å². The molecule has 0 atom stereocenters. The number of nitrogens with one attached hydrogen (secondary N) is 1. The second-order valence-electron chi connectivity index (χ2n) is 7.78. The maximum absolute atomic E-state index is 12.5. The lowest BCUT2D eigenvalue weighted by Crippen LogP contribution is -2.33. The van der Waals surface area contributed by atoms with Gasteiger partial charge in [-0.2, -0.15) is 0 Å². The third-order valence-corrected chi connectivity index (χ3v) is 6.50. The molecule has 0 saturated heterocycles. The van der Waals surface area contributed by atoms with Crippen molar-refractivity contribution in [2.75, 3.05) is 12.8 Å². The number of rotatable bonds is 8. The summed E-state index contributed by atoms with van der Waals surface area (Å²) < 4.78 is 5.39. The van der Waals surface area contributed by atoms with E-state index in [0.29, 0.717) is 12.6 Å². The van der Waals surface area contributed by atoms with Crippen molar-refractivity contribution in [2.24, 2.45) is 7.05 Å². The van der Waals surface area contributed by atoms with E-state index in [1.165, 1.54) is 30.3 Å². The molecule has 0 radical (unpaired) electrons. The zero-order chi connectivity index (χ0) is 21.1. The van der Waals surface area contributed by atoms with E-state index in [1.54, 1.807) is 23.4 Å². The molecule has 1 N–H and O–H groups in total. The Hall–Kier alpha value is -2.55. The third-order valence-electron chi connectivity index (χ3n) is 5.86. The first kappa shape index (κ1) is 20.7. The van der Waals surface area contributed by atoms with Crippen LogP contribution < -0.4 is 11.0 Å². The fraction of sp³-hybridized carbons (Fsp3) is 0.524. The molecule has 2 heterocycles. The van der Waals surface area contributed by atoms with Gasteiger partial charge in [-0.15, -0.1) is 10.2 Å². The van der Waals surface area contributed by atoms with Crippen molar-refractivity contribution in [1.29, 1.82) is 0 Å². The van der Waals surface area contributed by atoms with Crippen LogP contribution in [0.3, 0.4) is 0 Å². The SMILES string of the molecule is CSc1nnc(CCCNC(=O)Cn2c(=O)n(C)c3ccccc32)n1C1CCCC1. The summed E-state index contributed by atoms with van der Waals surface area (Å²) in [6, 6.07) is 8.01. The van der Waals surface area contributed by atoms with Crippen molar-refractivity contribution >= 4 is 28.7 Å². The van der Waals surface area contributed by atoms with Gasteiger partial charge in [0.05, 0.1) is 11.0 Å². The molecule has 1 aromatic carbocycles. The van der Waals surface area contributed by atoms with E-state index in [1.807, 2.05) is 30.5 Å². The molecule has 8 nitrogen and oxygen atoms in total.